The number of carbonyl (C=O) groups is 1. The zero-order valence-corrected chi connectivity index (χ0v) is 9.92. The van der Waals surface area contributed by atoms with Crippen LogP contribution in [0.3, 0.4) is 0 Å². The van der Waals surface area contributed by atoms with Crippen LogP contribution in [0.25, 0.3) is 0 Å². The van der Waals surface area contributed by atoms with Gasteiger partial charge in [0, 0.05) is 18.7 Å². The highest BCUT2D eigenvalue weighted by Crippen LogP contribution is 2.18. The molecular formula is C13H19NO2. The second kappa shape index (κ2) is 6.28. The fraction of sp³-hybridized carbons (Fsp3) is 0.462. The topological polar surface area (TPSA) is 49.3 Å². The molecular weight excluding hydrogens is 202 g/mol. The molecule has 0 saturated heterocycles. The van der Waals surface area contributed by atoms with E-state index in [1.54, 1.807) is 0 Å². The van der Waals surface area contributed by atoms with Crippen molar-refractivity contribution < 1.29 is 9.90 Å². The maximum absolute atomic E-state index is 11.6. The molecule has 0 aromatic heterocycles. The average molecular weight is 221 g/mol. The first-order chi connectivity index (χ1) is 7.65. The van der Waals surface area contributed by atoms with E-state index in [9.17, 15) is 4.79 Å². The predicted molar refractivity (Wildman–Crippen MR) is 65.5 cm³/mol. The lowest BCUT2D eigenvalue weighted by atomic mass is 10.1. The van der Waals surface area contributed by atoms with E-state index in [2.05, 4.69) is 5.32 Å². The molecule has 16 heavy (non-hydrogen) atoms. The number of nitrogens with one attached hydrogen (secondary N) is 1. The number of benzene rings is 1. The van der Waals surface area contributed by atoms with E-state index in [1.807, 2.05) is 32.0 Å². The molecule has 0 radical (unpaired) electrons. The van der Waals surface area contributed by atoms with Gasteiger partial charge in [-0.1, -0.05) is 12.1 Å². The van der Waals surface area contributed by atoms with Crippen molar-refractivity contribution in [2.75, 3.05) is 11.9 Å². The average Bonchev–Trinajstić information content (AvgIpc) is 2.25. The van der Waals surface area contributed by atoms with Gasteiger partial charge in [0.15, 0.2) is 0 Å². The molecule has 88 valence electrons. The summed E-state index contributed by atoms with van der Waals surface area (Å²) < 4.78 is 0. The van der Waals surface area contributed by atoms with Crippen molar-refractivity contribution in [1.82, 2.24) is 0 Å². The normalized spacial score (nSPS) is 10.2. The maximum Gasteiger partial charge on any atom is 0.224 e. The Labute approximate surface area is 96.5 Å². The Bertz CT molecular complexity index is 361. The molecule has 2 N–H and O–H groups in total. The van der Waals surface area contributed by atoms with Gasteiger partial charge in [-0.05, 0) is 43.9 Å². The van der Waals surface area contributed by atoms with Gasteiger partial charge < -0.3 is 10.4 Å². The van der Waals surface area contributed by atoms with Crippen LogP contribution in [-0.4, -0.2) is 17.6 Å². The molecule has 1 aromatic rings. The number of anilines is 1. The first-order valence-electron chi connectivity index (χ1n) is 5.62. The van der Waals surface area contributed by atoms with Gasteiger partial charge in [0.1, 0.15) is 0 Å². The number of amides is 1. The Morgan fingerprint density at radius 1 is 1.31 bits per heavy atom. The molecule has 0 heterocycles. The van der Waals surface area contributed by atoms with Crippen molar-refractivity contribution in [3.05, 3.63) is 29.3 Å². The molecule has 0 saturated carbocycles. The first kappa shape index (κ1) is 12.7. The lowest BCUT2D eigenvalue weighted by Gasteiger charge is -2.09. The van der Waals surface area contributed by atoms with Gasteiger partial charge in [-0.2, -0.15) is 0 Å². The molecule has 0 fully saturated rings. The minimum atomic E-state index is 0.0159. The van der Waals surface area contributed by atoms with Gasteiger partial charge >= 0.3 is 0 Å². The molecule has 0 aliphatic rings. The number of carbonyl (C=O) groups excluding carboxylic acids is 1. The molecule has 1 rings (SSSR count). The Morgan fingerprint density at radius 3 is 2.75 bits per heavy atom. The van der Waals surface area contributed by atoms with Crippen LogP contribution in [0.1, 0.15) is 30.4 Å². The zero-order valence-electron chi connectivity index (χ0n) is 9.92. The molecule has 1 aromatic carbocycles. The lowest BCUT2D eigenvalue weighted by molar-refractivity contribution is -0.116. The molecule has 3 heteroatoms. The third-order valence-electron chi connectivity index (χ3n) is 2.69. The Morgan fingerprint density at radius 2 is 2.06 bits per heavy atom. The largest absolute Gasteiger partial charge is 0.396 e. The molecule has 1 amide bonds. The number of aliphatic hydroxyl groups excluding tert-OH is 1. The molecule has 0 bridgehead atoms. The highest BCUT2D eigenvalue weighted by Gasteiger charge is 2.05. The van der Waals surface area contributed by atoms with Crippen LogP contribution in [0.5, 0.6) is 0 Å². The minimum absolute atomic E-state index is 0.0159. The predicted octanol–water partition coefficient (Wildman–Crippen LogP) is 2.40. The van der Waals surface area contributed by atoms with Crippen LogP contribution in [0.2, 0.25) is 0 Å². The first-order valence-corrected chi connectivity index (χ1v) is 5.62. The summed E-state index contributed by atoms with van der Waals surface area (Å²) in [6, 6.07) is 5.87. The van der Waals surface area contributed by atoms with E-state index < -0.39 is 0 Å². The number of aryl methyl sites for hydroxylation is 1. The summed E-state index contributed by atoms with van der Waals surface area (Å²) in [6.07, 6.45) is 1.88. The fourth-order valence-electron chi connectivity index (χ4n) is 1.50. The number of hydrogen-bond donors (Lipinski definition) is 2. The quantitative estimate of drug-likeness (QED) is 0.750. The van der Waals surface area contributed by atoms with Crippen molar-refractivity contribution in [1.29, 1.82) is 0 Å². The van der Waals surface area contributed by atoms with E-state index in [-0.39, 0.29) is 12.5 Å². The third kappa shape index (κ3) is 3.66. The monoisotopic (exact) mass is 221 g/mol. The van der Waals surface area contributed by atoms with E-state index in [1.165, 1.54) is 5.56 Å². The molecule has 3 nitrogen and oxygen atoms in total. The van der Waals surface area contributed by atoms with Crippen LogP contribution >= 0.6 is 0 Å². The van der Waals surface area contributed by atoms with E-state index >= 15 is 0 Å². The summed E-state index contributed by atoms with van der Waals surface area (Å²) in [7, 11) is 0. The molecule has 0 aliphatic heterocycles. The Kier molecular flexibility index (Phi) is 4.99. The number of unbranched alkanes of at least 4 members (excludes halogenated alkanes) is 1. The van der Waals surface area contributed by atoms with Gasteiger partial charge in [0.05, 0.1) is 0 Å². The molecule has 0 aliphatic carbocycles. The van der Waals surface area contributed by atoms with Crippen LogP contribution in [-0.2, 0) is 4.79 Å². The van der Waals surface area contributed by atoms with Gasteiger partial charge in [-0.3, -0.25) is 4.79 Å². The van der Waals surface area contributed by atoms with Crippen molar-refractivity contribution in [3.63, 3.8) is 0 Å². The van der Waals surface area contributed by atoms with Gasteiger partial charge in [-0.25, -0.2) is 0 Å². The van der Waals surface area contributed by atoms with Crippen molar-refractivity contribution in [2.45, 2.75) is 33.1 Å². The fourth-order valence-corrected chi connectivity index (χ4v) is 1.50. The molecule has 0 unspecified atom stereocenters. The summed E-state index contributed by atoms with van der Waals surface area (Å²) >= 11 is 0. The van der Waals surface area contributed by atoms with Crippen LogP contribution in [0, 0.1) is 13.8 Å². The Hall–Kier alpha value is -1.35. The number of rotatable bonds is 5. The van der Waals surface area contributed by atoms with Gasteiger partial charge in [0.25, 0.3) is 0 Å². The van der Waals surface area contributed by atoms with E-state index in [0.717, 1.165) is 17.7 Å². The van der Waals surface area contributed by atoms with Crippen LogP contribution in [0.4, 0.5) is 5.69 Å². The minimum Gasteiger partial charge on any atom is -0.396 e. The van der Waals surface area contributed by atoms with Gasteiger partial charge in [-0.15, -0.1) is 0 Å². The highest BCUT2D eigenvalue weighted by molar-refractivity contribution is 5.91. The maximum atomic E-state index is 11.6. The Balaban J connectivity index is 2.53. The summed E-state index contributed by atoms with van der Waals surface area (Å²) in [5.41, 5.74) is 3.17. The molecule has 0 spiro atoms. The number of hydrogen-bond acceptors (Lipinski definition) is 2. The van der Waals surface area contributed by atoms with Crippen molar-refractivity contribution in [3.8, 4) is 0 Å². The van der Waals surface area contributed by atoms with Crippen molar-refractivity contribution >= 4 is 11.6 Å². The SMILES string of the molecule is Cc1cccc(NC(=O)CCCCO)c1C. The highest BCUT2D eigenvalue weighted by atomic mass is 16.2. The third-order valence-corrected chi connectivity index (χ3v) is 2.69. The second-order valence-electron chi connectivity index (χ2n) is 3.98. The standard InChI is InChI=1S/C13H19NO2/c1-10-6-5-7-12(11(10)2)14-13(16)8-3-4-9-15/h5-7,15H,3-4,8-9H2,1-2H3,(H,14,16). The van der Waals surface area contributed by atoms with E-state index in [0.29, 0.717) is 12.8 Å². The molecule has 0 atom stereocenters. The summed E-state index contributed by atoms with van der Waals surface area (Å²) in [5.74, 6) is 0.0159. The lowest BCUT2D eigenvalue weighted by Crippen LogP contribution is -2.12. The van der Waals surface area contributed by atoms with Gasteiger partial charge in [0.2, 0.25) is 5.91 Å². The summed E-state index contributed by atoms with van der Waals surface area (Å²) in [6.45, 7) is 4.17. The van der Waals surface area contributed by atoms with E-state index in [4.69, 9.17) is 5.11 Å². The summed E-state index contributed by atoms with van der Waals surface area (Å²) in [4.78, 5) is 11.6. The summed E-state index contributed by atoms with van der Waals surface area (Å²) in [5, 5.41) is 11.5. The van der Waals surface area contributed by atoms with Crippen LogP contribution < -0.4 is 5.32 Å². The number of aliphatic hydroxyl groups is 1. The zero-order chi connectivity index (χ0) is 12.0. The van der Waals surface area contributed by atoms with Crippen LogP contribution in [0.15, 0.2) is 18.2 Å². The second-order valence-corrected chi connectivity index (χ2v) is 3.98. The smallest absolute Gasteiger partial charge is 0.224 e. The van der Waals surface area contributed by atoms with Crippen molar-refractivity contribution in [2.24, 2.45) is 0 Å².